The molecule has 150 valence electrons. The van der Waals surface area contributed by atoms with Gasteiger partial charge in [-0.3, -0.25) is 9.78 Å². The molecule has 0 saturated carbocycles. The fraction of sp³-hybridized carbons (Fsp3) is 0.409. The second kappa shape index (κ2) is 8.61. The number of piperidine rings is 1. The average molecular weight is 390 g/mol. The number of carbonyl (C=O) groups is 1. The summed E-state index contributed by atoms with van der Waals surface area (Å²) in [5.41, 5.74) is 3.28. The summed E-state index contributed by atoms with van der Waals surface area (Å²) in [6.07, 6.45) is 5.63. The zero-order valence-electron chi connectivity index (χ0n) is 16.9. The fourth-order valence-electron chi connectivity index (χ4n) is 3.67. The quantitative estimate of drug-likeness (QED) is 0.668. The Labute approximate surface area is 170 Å². The molecule has 1 fully saturated rings. The van der Waals surface area contributed by atoms with Crippen LogP contribution in [0.5, 0.6) is 0 Å². The zero-order chi connectivity index (χ0) is 20.2. The minimum absolute atomic E-state index is 0.131. The Morgan fingerprint density at radius 3 is 2.79 bits per heavy atom. The molecule has 3 heterocycles. The van der Waals surface area contributed by atoms with Gasteiger partial charge in [0.15, 0.2) is 0 Å². The lowest BCUT2D eigenvalue weighted by atomic mass is 9.91. The van der Waals surface area contributed by atoms with E-state index in [4.69, 9.17) is 0 Å². The number of nitrogens with zero attached hydrogens (tertiary/aromatic N) is 4. The predicted octanol–water partition coefficient (Wildman–Crippen LogP) is 3.02. The van der Waals surface area contributed by atoms with Crippen molar-refractivity contribution < 1.29 is 4.79 Å². The molecule has 1 aliphatic rings. The highest BCUT2D eigenvalue weighted by Gasteiger charge is 2.21. The molecular formula is C22H26N6O. The van der Waals surface area contributed by atoms with Crippen LogP contribution < -0.4 is 10.6 Å². The molecular weight excluding hydrogens is 364 g/mol. The van der Waals surface area contributed by atoms with Crippen LogP contribution in [0.3, 0.4) is 0 Å². The molecule has 3 aromatic rings. The van der Waals surface area contributed by atoms with Crippen molar-refractivity contribution in [2.45, 2.75) is 39.2 Å². The predicted molar refractivity (Wildman–Crippen MR) is 114 cm³/mol. The molecule has 0 amide bonds. The summed E-state index contributed by atoms with van der Waals surface area (Å²) in [5.74, 6) is 1.14. The highest BCUT2D eigenvalue weighted by Crippen LogP contribution is 2.23. The van der Waals surface area contributed by atoms with E-state index in [0.29, 0.717) is 6.42 Å². The van der Waals surface area contributed by atoms with Crippen molar-refractivity contribution in [1.29, 1.82) is 0 Å². The van der Waals surface area contributed by atoms with Crippen LogP contribution >= 0.6 is 0 Å². The van der Waals surface area contributed by atoms with Crippen LogP contribution in [0, 0.1) is 5.92 Å². The fourth-order valence-corrected chi connectivity index (χ4v) is 3.67. The number of nitrogens with one attached hydrogen (secondary N) is 2. The normalized spacial score (nSPS) is 15.0. The molecule has 29 heavy (non-hydrogen) atoms. The van der Waals surface area contributed by atoms with Crippen molar-refractivity contribution in [2.24, 2.45) is 5.92 Å². The van der Waals surface area contributed by atoms with E-state index in [-0.39, 0.29) is 17.7 Å². The molecule has 0 unspecified atom stereocenters. The van der Waals surface area contributed by atoms with E-state index in [0.717, 1.165) is 59.6 Å². The monoisotopic (exact) mass is 390 g/mol. The maximum atomic E-state index is 12.6. The molecule has 7 nitrogen and oxygen atoms in total. The van der Waals surface area contributed by atoms with Crippen molar-refractivity contribution in [2.75, 3.05) is 18.4 Å². The SMILES string of the molecule is CC(C)Nc1cncc(-c2ccc3nnc(CC(=O)C4CCNCC4)cc3c2)n1. The van der Waals surface area contributed by atoms with Crippen molar-refractivity contribution in [3.63, 3.8) is 0 Å². The van der Waals surface area contributed by atoms with Gasteiger partial charge in [-0.15, -0.1) is 0 Å². The Balaban J connectivity index is 1.57. The summed E-state index contributed by atoms with van der Waals surface area (Å²) in [7, 11) is 0. The topological polar surface area (TPSA) is 92.7 Å². The van der Waals surface area contributed by atoms with Crippen molar-refractivity contribution in [3.05, 3.63) is 42.4 Å². The first kappa shape index (κ1) is 19.4. The van der Waals surface area contributed by atoms with Gasteiger partial charge in [0.05, 0.1) is 35.7 Å². The molecule has 1 aliphatic heterocycles. The largest absolute Gasteiger partial charge is 0.367 e. The number of rotatable bonds is 6. The molecule has 0 aliphatic carbocycles. The van der Waals surface area contributed by atoms with Gasteiger partial charge in [0, 0.05) is 22.9 Å². The Bertz CT molecular complexity index is 1010. The zero-order valence-corrected chi connectivity index (χ0v) is 16.9. The minimum atomic E-state index is 0.131. The Morgan fingerprint density at radius 2 is 2.00 bits per heavy atom. The molecule has 0 atom stereocenters. The molecule has 4 rings (SSSR count). The second-order valence-corrected chi connectivity index (χ2v) is 7.87. The lowest BCUT2D eigenvalue weighted by molar-refractivity contribution is -0.123. The van der Waals surface area contributed by atoms with Gasteiger partial charge in [0.25, 0.3) is 0 Å². The van der Waals surface area contributed by atoms with Crippen LogP contribution in [0.1, 0.15) is 32.4 Å². The summed E-state index contributed by atoms with van der Waals surface area (Å²) in [6, 6.07) is 8.19. The number of hydrogen-bond donors (Lipinski definition) is 2. The van der Waals surface area contributed by atoms with Gasteiger partial charge in [0.2, 0.25) is 0 Å². The van der Waals surface area contributed by atoms with E-state index in [2.05, 4.69) is 44.6 Å². The van der Waals surface area contributed by atoms with Crippen LogP contribution in [-0.2, 0) is 11.2 Å². The molecule has 1 saturated heterocycles. The Hall–Kier alpha value is -2.93. The van der Waals surface area contributed by atoms with Gasteiger partial charge in [-0.2, -0.15) is 10.2 Å². The van der Waals surface area contributed by atoms with E-state index in [1.807, 2.05) is 24.3 Å². The number of benzene rings is 1. The third-order valence-corrected chi connectivity index (χ3v) is 5.15. The number of Topliss-reactive ketones (excluding diaryl/α,β-unsaturated/α-hetero) is 1. The first-order valence-corrected chi connectivity index (χ1v) is 10.2. The molecule has 0 bridgehead atoms. The Kier molecular flexibility index (Phi) is 5.76. The van der Waals surface area contributed by atoms with E-state index < -0.39 is 0 Å². The first-order chi connectivity index (χ1) is 14.1. The molecule has 1 aromatic carbocycles. The third kappa shape index (κ3) is 4.74. The van der Waals surface area contributed by atoms with Crippen LogP contribution in [0.25, 0.3) is 22.2 Å². The highest BCUT2D eigenvalue weighted by atomic mass is 16.1. The van der Waals surface area contributed by atoms with Gasteiger partial charge < -0.3 is 10.6 Å². The van der Waals surface area contributed by atoms with Crippen LogP contribution in [0.2, 0.25) is 0 Å². The van der Waals surface area contributed by atoms with Gasteiger partial charge in [-0.1, -0.05) is 6.07 Å². The van der Waals surface area contributed by atoms with Gasteiger partial charge in [0.1, 0.15) is 11.6 Å². The Morgan fingerprint density at radius 1 is 1.17 bits per heavy atom. The lowest BCUT2D eigenvalue weighted by Crippen LogP contribution is -2.32. The lowest BCUT2D eigenvalue weighted by Gasteiger charge is -2.21. The molecule has 0 radical (unpaired) electrons. The summed E-state index contributed by atoms with van der Waals surface area (Å²) in [4.78, 5) is 21.5. The summed E-state index contributed by atoms with van der Waals surface area (Å²) in [5, 5.41) is 16.1. The standard InChI is InChI=1S/C22H26N6O/c1-14(2)25-22-13-24-12-20(26-22)16-3-4-19-17(9-16)10-18(27-28-19)11-21(29)15-5-7-23-8-6-15/h3-4,9-10,12-15,23H,5-8,11H2,1-2H3,(H,25,26). The van der Waals surface area contributed by atoms with E-state index in [1.165, 1.54) is 0 Å². The summed E-state index contributed by atoms with van der Waals surface area (Å²) < 4.78 is 0. The van der Waals surface area contributed by atoms with Crippen molar-refractivity contribution >= 4 is 22.5 Å². The van der Waals surface area contributed by atoms with Gasteiger partial charge >= 0.3 is 0 Å². The maximum absolute atomic E-state index is 12.6. The van der Waals surface area contributed by atoms with E-state index in [1.54, 1.807) is 12.4 Å². The summed E-state index contributed by atoms with van der Waals surface area (Å²) >= 11 is 0. The minimum Gasteiger partial charge on any atom is -0.367 e. The molecule has 0 spiro atoms. The van der Waals surface area contributed by atoms with Crippen LogP contribution in [0.15, 0.2) is 36.7 Å². The average Bonchev–Trinajstić information content (AvgIpc) is 2.73. The number of hydrogen-bond acceptors (Lipinski definition) is 7. The van der Waals surface area contributed by atoms with Crippen molar-refractivity contribution in [3.8, 4) is 11.3 Å². The molecule has 2 aromatic heterocycles. The second-order valence-electron chi connectivity index (χ2n) is 7.87. The van der Waals surface area contributed by atoms with E-state index >= 15 is 0 Å². The smallest absolute Gasteiger partial charge is 0.145 e. The highest BCUT2D eigenvalue weighted by molar-refractivity contribution is 5.86. The number of fused-ring (bicyclic) bond motifs is 1. The van der Waals surface area contributed by atoms with Crippen molar-refractivity contribution in [1.82, 2.24) is 25.5 Å². The third-order valence-electron chi connectivity index (χ3n) is 5.15. The first-order valence-electron chi connectivity index (χ1n) is 10.2. The number of ketones is 1. The van der Waals surface area contributed by atoms with Crippen LogP contribution in [0.4, 0.5) is 5.82 Å². The molecule has 2 N–H and O–H groups in total. The number of anilines is 1. The summed E-state index contributed by atoms with van der Waals surface area (Å²) in [6.45, 7) is 5.95. The van der Waals surface area contributed by atoms with Crippen LogP contribution in [-0.4, -0.2) is 45.1 Å². The number of carbonyl (C=O) groups excluding carboxylic acids is 1. The molecule has 7 heteroatoms. The maximum Gasteiger partial charge on any atom is 0.145 e. The van der Waals surface area contributed by atoms with Gasteiger partial charge in [-0.05, 0) is 58.0 Å². The van der Waals surface area contributed by atoms with E-state index in [9.17, 15) is 4.79 Å². The number of aromatic nitrogens is 4. The van der Waals surface area contributed by atoms with Gasteiger partial charge in [-0.25, -0.2) is 4.98 Å².